The minimum atomic E-state index is -0.151. The summed E-state index contributed by atoms with van der Waals surface area (Å²) in [6, 6.07) is 3.66. The molecular weight excluding hydrogens is 244 g/mol. The van der Waals surface area contributed by atoms with Crippen molar-refractivity contribution in [3.63, 3.8) is 0 Å². The molecule has 0 bridgehead atoms. The molecule has 1 heterocycles. The normalized spacial score (nSPS) is 12.1. The lowest BCUT2D eigenvalue weighted by atomic mass is 10.2. The van der Waals surface area contributed by atoms with Crippen molar-refractivity contribution in [3.8, 4) is 6.07 Å². The molecule has 0 amide bonds. The third-order valence-corrected chi connectivity index (χ3v) is 2.79. The van der Waals surface area contributed by atoms with Crippen molar-refractivity contribution in [2.75, 3.05) is 0 Å². The maximum atomic E-state index is 11.5. The van der Waals surface area contributed by atoms with Gasteiger partial charge in [0.15, 0.2) is 0 Å². The van der Waals surface area contributed by atoms with E-state index in [-0.39, 0.29) is 11.5 Å². The molecule has 3 nitrogen and oxygen atoms in total. The number of nitriles is 1. The van der Waals surface area contributed by atoms with E-state index in [0.29, 0.717) is 6.54 Å². The second kappa shape index (κ2) is 4.43. The third kappa shape index (κ3) is 2.46. The number of rotatable bonds is 2. The van der Waals surface area contributed by atoms with Gasteiger partial charge in [0.25, 0.3) is 5.56 Å². The molecule has 0 aliphatic heterocycles. The summed E-state index contributed by atoms with van der Waals surface area (Å²) < 4.78 is 2.44. The van der Waals surface area contributed by atoms with Crippen molar-refractivity contribution in [2.24, 2.45) is 5.92 Å². The number of hydrogen-bond acceptors (Lipinski definition) is 2. The molecule has 0 fully saturated rings. The summed E-state index contributed by atoms with van der Waals surface area (Å²) in [5.74, 6) is -0.151. The zero-order valence-electron chi connectivity index (χ0n) is 8.12. The highest BCUT2D eigenvalue weighted by Crippen LogP contribution is 2.12. The van der Waals surface area contributed by atoms with Crippen LogP contribution >= 0.6 is 15.9 Å². The molecule has 4 heteroatoms. The number of nitrogens with zero attached hydrogens (tertiary/aromatic N) is 2. The largest absolute Gasteiger partial charge is 0.313 e. The number of hydrogen-bond donors (Lipinski definition) is 0. The SMILES string of the molecule is Cc1cc(=O)n(CC(C)C#N)cc1Br. The van der Waals surface area contributed by atoms with Gasteiger partial charge in [-0.3, -0.25) is 4.79 Å². The van der Waals surface area contributed by atoms with E-state index in [1.54, 1.807) is 23.8 Å². The summed E-state index contributed by atoms with van der Waals surface area (Å²) in [5, 5.41) is 8.63. The van der Waals surface area contributed by atoms with Crippen molar-refractivity contribution in [1.82, 2.24) is 4.57 Å². The Balaban J connectivity index is 3.06. The van der Waals surface area contributed by atoms with Gasteiger partial charge in [0.2, 0.25) is 0 Å². The Bertz CT molecular complexity index is 431. The fourth-order valence-electron chi connectivity index (χ4n) is 1.12. The fraction of sp³-hybridized carbons (Fsp3) is 0.400. The average Bonchev–Trinajstić information content (AvgIpc) is 2.14. The van der Waals surface area contributed by atoms with Crippen LogP contribution in [0.4, 0.5) is 0 Å². The molecule has 0 aliphatic rings. The summed E-state index contributed by atoms with van der Waals surface area (Å²) in [5.41, 5.74) is 0.851. The van der Waals surface area contributed by atoms with Crippen LogP contribution in [0.5, 0.6) is 0 Å². The van der Waals surface area contributed by atoms with Crippen LogP contribution in [-0.4, -0.2) is 4.57 Å². The number of aromatic nitrogens is 1. The molecule has 0 saturated carbocycles. The second-order valence-electron chi connectivity index (χ2n) is 3.33. The van der Waals surface area contributed by atoms with Crippen LogP contribution in [0.2, 0.25) is 0 Å². The van der Waals surface area contributed by atoms with Crippen molar-refractivity contribution >= 4 is 15.9 Å². The van der Waals surface area contributed by atoms with Gasteiger partial charge in [-0.15, -0.1) is 0 Å². The van der Waals surface area contributed by atoms with Gasteiger partial charge in [-0.25, -0.2) is 0 Å². The predicted octanol–water partition coefficient (Wildman–Crippen LogP) is 2.08. The molecule has 0 N–H and O–H groups in total. The molecule has 1 atom stereocenters. The lowest BCUT2D eigenvalue weighted by Gasteiger charge is -2.08. The van der Waals surface area contributed by atoms with Crippen molar-refractivity contribution in [1.29, 1.82) is 5.26 Å². The summed E-state index contributed by atoms with van der Waals surface area (Å²) in [6.07, 6.45) is 1.73. The molecule has 0 aliphatic carbocycles. The van der Waals surface area contributed by atoms with Crippen LogP contribution in [-0.2, 0) is 6.54 Å². The standard InChI is InChI=1S/C10H11BrN2O/c1-7(4-12)5-13-6-9(11)8(2)3-10(13)14/h3,6-7H,5H2,1-2H3. The maximum Gasteiger partial charge on any atom is 0.250 e. The zero-order chi connectivity index (χ0) is 10.7. The van der Waals surface area contributed by atoms with E-state index < -0.39 is 0 Å². The smallest absolute Gasteiger partial charge is 0.250 e. The molecule has 1 rings (SSSR count). The Hall–Kier alpha value is -1.08. The first-order chi connectivity index (χ1) is 6.54. The van der Waals surface area contributed by atoms with E-state index in [0.717, 1.165) is 10.0 Å². The maximum absolute atomic E-state index is 11.5. The van der Waals surface area contributed by atoms with Crippen LogP contribution in [0.25, 0.3) is 0 Å². The van der Waals surface area contributed by atoms with Gasteiger partial charge in [0.05, 0.1) is 12.0 Å². The van der Waals surface area contributed by atoms with Gasteiger partial charge in [-0.2, -0.15) is 5.26 Å². The molecule has 0 spiro atoms. The molecule has 0 saturated heterocycles. The van der Waals surface area contributed by atoms with Gasteiger partial charge >= 0.3 is 0 Å². The molecule has 1 aromatic rings. The summed E-state index contributed by atoms with van der Waals surface area (Å²) in [7, 11) is 0. The van der Waals surface area contributed by atoms with Crippen molar-refractivity contribution in [3.05, 3.63) is 32.7 Å². The van der Waals surface area contributed by atoms with Crippen molar-refractivity contribution in [2.45, 2.75) is 20.4 Å². The topological polar surface area (TPSA) is 45.8 Å². The first kappa shape index (κ1) is 11.0. The monoisotopic (exact) mass is 254 g/mol. The number of pyridine rings is 1. The van der Waals surface area contributed by atoms with E-state index in [1.807, 2.05) is 6.92 Å². The Morgan fingerprint density at radius 2 is 2.36 bits per heavy atom. The quantitative estimate of drug-likeness (QED) is 0.812. The lowest BCUT2D eigenvalue weighted by molar-refractivity contribution is 0.562. The van der Waals surface area contributed by atoms with E-state index in [9.17, 15) is 4.79 Å². The minimum absolute atomic E-state index is 0.0622. The first-order valence-electron chi connectivity index (χ1n) is 4.31. The Morgan fingerprint density at radius 3 is 2.93 bits per heavy atom. The van der Waals surface area contributed by atoms with E-state index >= 15 is 0 Å². The third-order valence-electron chi connectivity index (χ3n) is 1.96. The first-order valence-corrected chi connectivity index (χ1v) is 5.10. The number of halogens is 1. The Morgan fingerprint density at radius 1 is 1.71 bits per heavy atom. The van der Waals surface area contributed by atoms with Crippen LogP contribution in [0.1, 0.15) is 12.5 Å². The highest BCUT2D eigenvalue weighted by molar-refractivity contribution is 9.10. The molecule has 0 aromatic carbocycles. The molecular formula is C10H11BrN2O. The van der Waals surface area contributed by atoms with Crippen molar-refractivity contribution < 1.29 is 0 Å². The molecule has 0 radical (unpaired) electrons. The van der Waals surface area contributed by atoms with Gasteiger partial charge in [-0.1, -0.05) is 0 Å². The number of aryl methyl sites for hydroxylation is 1. The van der Waals surface area contributed by atoms with E-state index in [2.05, 4.69) is 22.0 Å². The van der Waals surface area contributed by atoms with Gasteiger partial charge in [0.1, 0.15) is 0 Å². The molecule has 14 heavy (non-hydrogen) atoms. The van der Waals surface area contributed by atoms with Gasteiger partial charge in [0, 0.05) is 23.3 Å². The Labute approximate surface area is 91.1 Å². The summed E-state index contributed by atoms with van der Waals surface area (Å²) in [6.45, 7) is 4.10. The Kier molecular flexibility index (Phi) is 3.48. The summed E-state index contributed by atoms with van der Waals surface area (Å²) >= 11 is 3.35. The van der Waals surface area contributed by atoms with Gasteiger partial charge < -0.3 is 4.57 Å². The highest BCUT2D eigenvalue weighted by Gasteiger charge is 2.05. The van der Waals surface area contributed by atoms with E-state index in [4.69, 9.17) is 5.26 Å². The fourth-order valence-corrected chi connectivity index (χ4v) is 1.48. The molecule has 74 valence electrons. The van der Waals surface area contributed by atoms with Gasteiger partial charge in [-0.05, 0) is 35.3 Å². The van der Waals surface area contributed by atoms with Crippen LogP contribution in [0, 0.1) is 24.2 Å². The second-order valence-corrected chi connectivity index (χ2v) is 4.18. The predicted molar refractivity (Wildman–Crippen MR) is 57.9 cm³/mol. The van der Waals surface area contributed by atoms with Crippen LogP contribution in [0.15, 0.2) is 21.5 Å². The van der Waals surface area contributed by atoms with E-state index in [1.165, 1.54) is 0 Å². The zero-order valence-corrected chi connectivity index (χ0v) is 9.71. The lowest BCUT2D eigenvalue weighted by Crippen LogP contribution is -2.22. The average molecular weight is 255 g/mol. The molecule has 1 aromatic heterocycles. The van der Waals surface area contributed by atoms with Crippen LogP contribution in [0.3, 0.4) is 0 Å². The molecule has 1 unspecified atom stereocenters. The summed E-state index contributed by atoms with van der Waals surface area (Å²) in [4.78, 5) is 11.5. The highest BCUT2D eigenvalue weighted by atomic mass is 79.9. The van der Waals surface area contributed by atoms with Crippen LogP contribution < -0.4 is 5.56 Å². The minimum Gasteiger partial charge on any atom is -0.313 e.